The van der Waals surface area contributed by atoms with E-state index in [9.17, 15) is 19.5 Å². The second kappa shape index (κ2) is 9.36. The average molecular weight is 478 g/mol. The summed E-state index contributed by atoms with van der Waals surface area (Å²) in [4.78, 5) is 45.8. The van der Waals surface area contributed by atoms with Gasteiger partial charge in [-0.3, -0.25) is 19.4 Å². The summed E-state index contributed by atoms with van der Waals surface area (Å²) in [5.74, 6) is -0.825. The molecule has 3 aromatic rings. The van der Waals surface area contributed by atoms with Crippen molar-refractivity contribution >= 4 is 28.9 Å². The zero-order valence-corrected chi connectivity index (χ0v) is 19.0. The Bertz CT molecular complexity index is 1230. The molecule has 2 fully saturated rings. The van der Waals surface area contributed by atoms with Gasteiger partial charge in [0.15, 0.2) is 5.78 Å². The Hall–Kier alpha value is -3.56. The van der Waals surface area contributed by atoms with E-state index in [-0.39, 0.29) is 36.6 Å². The fourth-order valence-electron chi connectivity index (χ4n) is 4.54. The van der Waals surface area contributed by atoms with Crippen LogP contribution < -0.4 is 5.32 Å². The maximum atomic E-state index is 13.6. The Kier molecular flexibility index (Phi) is 6.12. The van der Waals surface area contributed by atoms with Gasteiger partial charge in [-0.25, -0.2) is 0 Å². The van der Waals surface area contributed by atoms with E-state index in [1.54, 1.807) is 47.9 Å². The van der Waals surface area contributed by atoms with Crippen molar-refractivity contribution in [3.8, 4) is 16.2 Å². The number of likely N-dealkylation sites (tertiary alicyclic amines) is 1. The first kappa shape index (κ1) is 22.2. The highest BCUT2D eigenvalue weighted by atomic mass is 32.1. The van der Waals surface area contributed by atoms with E-state index >= 15 is 0 Å². The van der Waals surface area contributed by atoms with E-state index in [1.807, 2.05) is 17.5 Å². The minimum atomic E-state index is -0.924. The fourth-order valence-corrected chi connectivity index (χ4v) is 5.25. The van der Waals surface area contributed by atoms with Crippen molar-refractivity contribution in [1.82, 2.24) is 15.2 Å². The average Bonchev–Trinajstić information content (AvgIpc) is 3.58. The molecule has 0 radical (unpaired) electrons. The molecule has 174 valence electrons. The summed E-state index contributed by atoms with van der Waals surface area (Å²) < 4.78 is 5.51. The van der Waals surface area contributed by atoms with Gasteiger partial charge in [0, 0.05) is 35.8 Å². The smallest absolute Gasteiger partial charge is 0.253 e. The maximum absolute atomic E-state index is 13.6. The third-order valence-corrected chi connectivity index (χ3v) is 7.07. The normalized spacial score (nSPS) is 20.2. The van der Waals surface area contributed by atoms with Crippen LogP contribution in [0, 0.1) is 0 Å². The van der Waals surface area contributed by atoms with E-state index < -0.39 is 18.0 Å². The maximum Gasteiger partial charge on any atom is 0.253 e. The van der Waals surface area contributed by atoms with Crippen LogP contribution in [-0.2, 0) is 20.7 Å². The molecule has 0 saturated carbocycles. The van der Waals surface area contributed by atoms with Gasteiger partial charge in [-0.1, -0.05) is 18.2 Å². The summed E-state index contributed by atoms with van der Waals surface area (Å²) in [6, 6.07) is 10.6. The molecule has 5 rings (SSSR count). The van der Waals surface area contributed by atoms with E-state index in [2.05, 4.69) is 10.3 Å². The third kappa shape index (κ3) is 4.44. The molecule has 2 aliphatic rings. The van der Waals surface area contributed by atoms with Crippen molar-refractivity contribution in [2.45, 2.75) is 31.0 Å². The number of phenols is 1. The number of benzene rings is 1. The highest BCUT2D eigenvalue weighted by molar-refractivity contribution is 7.13. The summed E-state index contributed by atoms with van der Waals surface area (Å²) in [7, 11) is 0. The molecule has 2 aliphatic heterocycles. The van der Waals surface area contributed by atoms with Gasteiger partial charge in [-0.2, -0.15) is 0 Å². The summed E-state index contributed by atoms with van der Waals surface area (Å²) in [5.41, 5.74) is 1.84. The fraction of sp³-hybridized carbons (Fsp3) is 0.280. The summed E-state index contributed by atoms with van der Waals surface area (Å²) in [5, 5.41) is 14.7. The minimum absolute atomic E-state index is 0.00385. The van der Waals surface area contributed by atoms with Crippen molar-refractivity contribution in [2.24, 2.45) is 0 Å². The predicted molar refractivity (Wildman–Crippen MR) is 125 cm³/mol. The highest BCUT2D eigenvalue weighted by Crippen LogP contribution is 2.28. The van der Waals surface area contributed by atoms with Gasteiger partial charge in [-0.05, 0) is 41.6 Å². The lowest BCUT2D eigenvalue weighted by atomic mass is 10.0. The molecule has 0 spiro atoms. The number of ketones is 1. The Labute approximate surface area is 200 Å². The number of fused-ring (bicyclic) bond motifs is 1. The van der Waals surface area contributed by atoms with Gasteiger partial charge in [0.25, 0.3) is 5.91 Å². The number of carbonyl (C=O) groups excluding carboxylic acids is 3. The number of nitrogens with zero attached hydrogens (tertiary/aromatic N) is 2. The topological polar surface area (TPSA) is 109 Å². The Morgan fingerprint density at radius 1 is 1.24 bits per heavy atom. The lowest BCUT2D eigenvalue weighted by Gasteiger charge is -2.27. The molecule has 3 atom stereocenters. The number of phenolic OH excluding ortho intramolecular Hbond substituents is 1. The first-order chi connectivity index (χ1) is 16.5. The van der Waals surface area contributed by atoms with Crippen molar-refractivity contribution in [3.05, 3.63) is 71.4 Å². The number of Topliss-reactive ketones (excluding diaryl/α,β-unsaturated/α-hetero) is 1. The molecule has 34 heavy (non-hydrogen) atoms. The van der Waals surface area contributed by atoms with Gasteiger partial charge in [0.2, 0.25) is 5.91 Å². The van der Waals surface area contributed by atoms with E-state index in [1.165, 1.54) is 11.1 Å². The number of rotatable bonds is 6. The number of hydrogen-bond donors (Lipinski definition) is 2. The molecular weight excluding hydrogens is 454 g/mol. The van der Waals surface area contributed by atoms with E-state index in [0.29, 0.717) is 24.1 Å². The van der Waals surface area contributed by atoms with E-state index in [4.69, 9.17) is 4.74 Å². The molecule has 2 saturated heterocycles. The van der Waals surface area contributed by atoms with Crippen molar-refractivity contribution < 1.29 is 24.2 Å². The van der Waals surface area contributed by atoms with Gasteiger partial charge >= 0.3 is 0 Å². The Balaban J connectivity index is 1.40. The third-order valence-electron chi connectivity index (χ3n) is 6.16. The number of aromatic hydroxyl groups is 1. The van der Waals surface area contributed by atoms with Crippen LogP contribution in [0.5, 0.6) is 5.75 Å². The van der Waals surface area contributed by atoms with Crippen LogP contribution in [0.3, 0.4) is 0 Å². The number of pyridine rings is 1. The number of ether oxygens (including phenoxy) is 1. The molecule has 2 aromatic heterocycles. The molecule has 0 bridgehead atoms. The molecule has 2 amide bonds. The number of hydrogen-bond acceptors (Lipinski definition) is 7. The van der Waals surface area contributed by atoms with Crippen LogP contribution in [0.25, 0.3) is 10.4 Å². The molecule has 8 nitrogen and oxygen atoms in total. The Morgan fingerprint density at radius 3 is 2.91 bits per heavy atom. The molecule has 2 N–H and O–H groups in total. The molecule has 9 heteroatoms. The number of amides is 2. The van der Waals surface area contributed by atoms with E-state index in [0.717, 1.165) is 10.4 Å². The van der Waals surface area contributed by atoms with Crippen LogP contribution in [0.4, 0.5) is 0 Å². The summed E-state index contributed by atoms with van der Waals surface area (Å²) in [6.07, 6.45) is 3.61. The van der Waals surface area contributed by atoms with Gasteiger partial charge in [-0.15, -0.1) is 11.3 Å². The van der Waals surface area contributed by atoms with Gasteiger partial charge in [0.05, 0.1) is 11.7 Å². The van der Waals surface area contributed by atoms with Crippen LogP contribution in [0.2, 0.25) is 0 Å². The number of thiophene rings is 1. The molecule has 3 unspecified atom stereocenters. The molecule has 0 aliphatic carbocycles. The monoisotopic (exact) mass is 477 g/mol. The highest BCUT2D eigenvalue weighted by Gasteiger charge is 2.48. The summed E-state index contributed by atoms with van der Waals surface area (Å²) in [6.45, 7) is 0.394. The Morgan fingerprint density at radius 2 is 2.12 bits per heavy atom. The number of nitrogens with one attached hydrogen (secondary N) is 1. The SMILES string of the molecule is O=C(NC(Cc1cccc(O)c1)C(=O)N1CCC2OCC(=O)C21)c1cncc(-c2cccs2)c1. The quantitative estimate of drug-likeness (QED) is 0.565. The second-order valence-electron chi connectivity index (χ2n) is 8.42. The van der Waals surface area contributed by atoms with Crippen LogP contribution in [0.1, 0.15) is 22.3 Å². The van der Waals surface area contributed by atoms with Crippen LogP contribution >= 0.6 is 11.3 Å². The lowest BCUT2D eigenvalue weighted by Crippen LogP contribution is -2.53. The largest absolute Gasteiger partial charge is 0.508 e. The number of carbonyl (C=O) groups is 3. The van der Waals surface area contributed by atoms with Crippen molar-refractivity contribution in [3.63, 3.8) is 0 Å². The number of aromatic nitrogens is 1. The first-order valence-electron chi connectivity index (χ1n) is 11.0. The van der Waals surface area contributed by atoms with Crippen LogP contribution in [-0.4, -0.2) is 63.9 Å². The minimum Gasteiger partial charge on any atom is -0.508 e. The lowest BCUT2D eigenvalue weighted by molar-refractivity contribution is -0.138. The molecular formula is C25H23N3O5S. The van der Waals surface area contributed by atoms with Gasteiger partial charge < -0.3 is 20.1 Å². The standard InChI is InChI=1S/C25H23N3O5S/c29-18-4-1-3-15(9-18)10-19(25(32)28-7-6-21-23(28)20(30)14-33-21)27-24(31)17-11-16(12-26-13-17)22-5-2-8-34-22/h1-5,8-9,11-13,19,21,23,29H,6-7,10,14H2,(H,27,31). The zero-order chi connectivity index (χ0) is 23.7. The van der Waals surface area contributed by atoms with Crippen molar-refractivity contribution in [1.29, 1.82) is 0 Å². The predicted octanol–water partition coefficient (Wildman–Crippen LogP) is 2.43. The molecule has 4 heterocycles. The summed E-state index contributed by atoms with van der Waals surface area (Å²) >= 11 is 1.54. The molecule has 1 aromatic carbocycles. The van der Waals surface area contributed by atoms with Crippen LogP contribution in [0.15, 0.2) is 60.2 Å². The first-order valence-corrected chi connectivity index (χ1v) is 11.9. The zero-order valence-electron chi connectivity index (χ0n) is 18.2. The second-order valence-corrected chi connectivity index (χ2v) is 9.37. The van der Waals surface area contributed by atoms with Crippen molar-refractivity contribution in [2.75, 3.05) is 13.2 Å². The van der Waals surface area contributed by atoms with Gasteiger partial charge in [0.1, 0.15) is 24.4 Å².